The van der Waals surface area contributed by atoms with Gasteiger partial charge in [0.05, 0.1) is 5.75 Å². The highest BCUT2D eigenvalue weighted by atomic mass is 32.2. The fourth-order valence-electron chi connectivity index (χ4n) is 2.32. The lowest BCUT2D eigenvalue weighted by molar-refractivity contribution is -0.113. The lowest BCUT2D eigenvalue weighted by Crippen LogP contribution is -2.16. The van der Waals surface area contributed by atoms with Crippen LogP contribution in [0, 0.1) is 0 Å². The van der Waals surface area contributed by atoms with E-state index in [1.54, 1.807) is 11.8 Å². The summed E-state index contributed by atoms with van der Waals surface area (Å²) >= 11 is 1.66. The molecule has 2 nitrogen and oxygen atoms in total. The van der Waals surface area contributed by atoms with Crippen molar-refractivity contribution in [2.75, 3.05) is 11.1 Å². The van der Waals surface area contributed by atoms with Crippen LogP contribution in [0.25, 0.3) is 0 Å². The van der Waals surface area contributed by atoms with Gasteiger partial charge in [-0.1, -0.05) is 62.4 Å². The number of nitrogens with one attached hydrogen (secondary N) is 1. The molecule has 3 heteroatoms. The van der Waals surface area contributed by atoms with E-state index in [-0.39, 0.29) is 5.91 Å². The minimum absolute atomic E-state index is 0.0564. The number of amides is 1. The fourth-order valence-corrected chi connectivity index (χ4v) is 3.14. The first-order valence-corrected chi connectivity index (χ1v) is 8.68. The number of rotatable bonds is 6. The molecule has 0 fully saturated rings. The minimum atomic E-state index is 0.0564. The van der Waals surface area contributed by atoms with E-state index in [2.05, 4.69) is 44.3 Å². The standard InChI is InChI=1S/C19H23NOS/c1-14(2)17-11-7-8-12-18(17)20-19(21)13-22-15(3)16-9-5-4-6-10-16/h4-12,14-15H,13H2,1-3H3,(H,20,21)/t15-/m1/s1. The number of anilines is 1. The molecule has 0 unspecified atom stereocenters. The van der Waals surface area contributed by atoms with E-state index in [0.29, 0.717) is 16.9 Å². The SMILES string of the molecule is CC(C)c1ccccc1NC(=O)CS[C@H](C)c1ccccc1. The van der Waals surface area contributed by atoms with Crippen molar-refractivity contribution in [2.45, 2.75) is 31.9 Å². The van der Waals surface area contributed by atoms with Gasteiger partial charge in [0.1, 0.15) is 0 Å². The number of carbonyl (C=O) groups excluding carboxylic acids is 1. The van der Waals surface area contributed by atoms with Crippen molar-refractivity contribution in [1.29, 1.82) is 0 Å². The summed E-state index contributed by atoms with van der Waals surface area (Å²) in [7, 11) is 0. The van der Waals surface area contributed by atoms with E-state index in [0.717, 1.165) is 5.69 Å². The van der Waals surface area contributed by atoms with Crippen LogP contribution in [0.5, 0.6) is 0 Å². The van der Waals surface area contributed by atoms with E-state index in [4.69, 9.17) is 0 Å². The highest BCUT2D eigenvalue weighted by molar-refractivity contribution is 8.00. The maximum absolute atomic E-state index is 12.2. The molecule has 0 bridgehead atoms. The predicted molar refractivity (Wildman–Crippen MR) is 96.5 cm³/mol. The van der Waals surface area contributed by atoms with Crippen molar-refractivity contribution in [3.63, 3.8) is 0 Å². The maximum atomic E-state index is 12.2. The molecule has 1 N–H and O–H groups in total. The number of thioether (sulfide) groups is 1. The monoisotopic (exact) mass is 313 g/mol. The first kappa shape index (κ1) is 16.6. The Morgan fingerprint density at radius 2 is 1.64 bits per heavy atom. The number of hydrogen-bond donors (Lipinski definition) is 1. The van der Waals surface area contributed by atoms with E-state index < -0.39 is 0 Å². The third kappa shape index (κ3) is 4.63. The van der Waals surface area contributed by atoms with E-state index in [1.165, 1.54) is 11.1 Å². The molecule has 0 aliphatic carbocycles. The molecule has 22 heavy (non-hydrogen) atoms. The predicted octanol–water partition coefficient (Wildman–Crippen LogP) is 5.24. The van der Waals surface area contributed by atoms with Gasteiger partial charge >= 0.3 is 0 Å². The van der Waals surface area contributed by atoms with Gasteiger partial charge in [0.2, 0.25) is 5.91 Å². The van der Waals surface area contributed by atoms with E-state index >= 15 is 0 Å². The van der Waals surface area contributed by atoms with Gasteiger partial charge in [0, 0.05) is 10.9 Å². The van der Waals surface area contributed by atoms with Crippen molar-refractivity contribution in [3.05, 3.63) is 65.7 Å². The van der Waals surface area contributed by atoms with Crippen molar-refractivity contribution < 1.29 is 4.79 Å². The molecule has 0 aliphatic heterocycles. The van der Waals surface area contributed by atoms with Gasteiger partial charge in [-0.05, 0) is 30.0 Å². The van der Waals surface area contributed by atoms with Crippen molar-refractivity contribution in [1.82, 2.24) is 0 Å². The summed E-state index contributed by atoms with van der Waals surface area (Å²) < 4.78 is 0. The molecule has 2 aromatic carbocycles. The van der Waals surface area contributed by atoms with Crippen LogP contribution in [0.1, 0.15) is 43.1 Å². The molecule has 0 saturated heterocycles. The smallest absolute Gasteiger partial charge is 0.234 e. The molecule has 0 aromatic heterocycles. The van der Waals surface area contributed by atoms with Crippen LogP contribution in [0.3, 0.4) is 0 Å². The Labute approximate surface area is 137 Å². The van der Waals surface area contributed by atoms with E-state index in [9.17, 15) is 4.79 Å². The molecule has 0 heterocycles. The van der Waals surface area contributed by atoms with Gasteiger partial charge in [-0.25, -0.2) is 0 Å². The molecule has 116 valence electrons. The average Bonchev–Trinajstić information content (AvgIpc) is 2.53. The molecular formula is C19H23NOS. The zero-order chi connectivity index (χ0) is 15.9. The average molecular weight is 313 g/mol. The summed E-state index contributed by atoms with van der Waals surface area (Å²) in [5.41, 5.74) is 3.36. The van der Waals surface area contributed by atoms with Crippen LogP contribution in [0.15, 0.2) is 54.6 Å². The summed E-state index contributed by atoms with van der Waals surface area (Å²) in [5.74, 6) is 0.913. The Bertz CT molecular complexity index is 610. The van der Waals surface area contributed by atoms with Crippen LogP contribution in [-0.2, 0) is 4.79 Å². The zero-order valence-corrected chi connectivity index (χ0v) is 14.2. The van der Waals surface area contributed by atoms with Crippen LogP contribution in [0.4, 0.5) is 5.69 Å². The van der Waals surface area contributed by atoms with Crippen molar-refractivity contribution in [2.24, 2.45) is 0 Å². The number of hydrogen-bond acceptors (Lipinski definition) is 2. The van der Waals surface area contributed by atoms with E-state index in [1.807, 2.05) is 36.4 Å². The molecule has 0 spiro atoms. The third-order valence-corrected chi connectivity index (χ3v) is 4.79. The molecule has 2 rings (SSSR count). The third-order valence-electron chi connectivity index (χ3n) is 3.59. The summed E-state index contributed by atoms with van der Waals surface area (Å²) in [4.78, 5) is 12.2. The summed E-state index contributed by atoms with van der Waals surface area (Å²) in [5, 5.41) is 3.35. The van der Waals surface area contributed by atoms with Crippen LogP contribution >= 0.6 is 11.8 Å². The normalized spacial score (nSPS) is 12.2. The number of para-hydroxylation sites is 1. The molecule has 2 aromatic rings. The summed E-state index contributed by atoms with van der Waals surface area (Å²) in [6.07, 6.45) is 0. The molecule has 0 aliphatic rings. The Morgan fingerprint density at radius 1 is 1.00 bits per heavy atom. The molecular weight excluding hydrogens is 290 g/mol. The Hall–Kier alpha value is -1.74. The highest BCUT2D eigenvalue weighted by Gasteiger charge is 2.11. The largest absolute Gasteiger partial charge is 0.325 e. The van der Waals surface area contributed by atoms with Gasteiger partial charge in [-0.15, -0.1) is 11.8 Å². The highest BCUT2D eigenvalue weighted by Crippen LogP contribution is 2.28. The zero-order valence-electron chi connectivity index (χ0n) is 13.4. The molecule has 1 amide bonds. The Kier molecular flexibility index (Phi) is 6.08. The van der Waals surface area contributed by atoms with Gasteiger partial charge in [0.25, 0.3) is 0 Å². The molecule has 0 saturated carbocycles. The van der Waals surface area contributed by atoms with Crippen LogP contribution in [0.2, 0.25) is 0 Å². The van der Waals surface area contributed by atoms with Gasteiger partial charge < -0.3 is 5.32 Å². The molecule has 1 atom stereocenters. The quantitative estimate of drug-likeness (QED) is 0.790. The second-order valence-electron chi connectivity index (χ2n) is 5.65. The number of benzene rings is 2. The lowest BCUT2D eigenvalue weighted by Gasteiger charge is -2.15. The maximum Gasteiger partial charge on any atom is 0.234 e. The first-order valence-electron chi connectivity index (χ1n) is 7.63. The summed E-state index contributed by atoms with van der Waals surface area (Å²) in [6, 6.07) is 18.3. The minimum Gasteiger partial charge on any atom is -0.325 e. The second kappa shape index (κ2) is 8.04. The van der Waals surface area contributed by atoms with Crippen molar-refractivity contribution in [3.8, 4) is 0 Å². The van der Waals surface area contributed by atoms with Crippen LogP contribution < -0.4 is 5.32 Å². The van der Waals surface area contributed by atoms with Gasteiger partial charge in [0.15, 0.2) is 0 Å². The van der Waals surface area contributed by atoms with Crippen LogP contribution in [-0.4, -0.2) is 11.7 Å². The second-order valence-corrected chi connectivity index (χ2v) is 6.98. The Morgan fingerprint density at radius 3 is 2.32 bits per heavy atom. The lowest BCUT2D eigenvalue weighted by atomic mass is 10.0. The van der Waals surface area contributed by atoms with Crippen molar-refractivity contribution >= 4 is 23.4 Å². The fraction of sp³-hybridized carbons (Fsp3) is 0.316. The van der Waals surface area contributed by atoms with Gasteiger partial charge in [-0.2, -0.15) is 0 Å². The topological polar surface area (TPSA) is 29.1 Å². The Balaban J connectivity index is 1.91. The summed E-state index contributed by atoms with van der Waals surface area (Å²) in [6.45, 7) is 6.41. The van der Waals surface area contributed by atoms with Gasteiger partial charge in [-0.3, -0.25) is 4.79 Å². The first-order chi connectivity index (χ1) is 10.6. The number of carbonyl (C=O) groups is 1. The molecule has 0 radical (unpaired) electrons.